The van der Waals surface area contributed by atoms with Gasteiger partial charge in [0.15, 0.2) is 18.1 Å². The van der Waals surface area contributed by atoms with Gasteiger partial charge in [-0.25, -0.2) is 4.98 Å². The van der Waals surface area contributed by atoms with Crippen molar-refractivity contribution in [1.82, 2.24) is 4.98 Å². The van der Waals surface area contributed by atoms with Crippen LogP contribution in [0.15, 0.2) is 47.8 Å². The number of nitrogens with one attached hydrogen (secondary N) is 1. The number of carbonyl (C=O) groups excluding carboxylic acids is 2. The van der Waals surface area contributed by atoms with E-state index in [4.69, 9.17) is 25.8 Å². The topological polar surface area (TPSA) is 86.8 Å². The summed E-state index contributed by atoms with van der Waals surface area (Å²) in [5.41, 5.74) is 1.95. The number of esters is 1. The van der Waals surface area contributed by atoms with Crippen LogP contribution in [-0.2, 0) is 20.7 Å². The zero-order chi connectivity index (χ0) is 21.5. The van der Waals surface area contributed by atoms with Crippen LogP contribution in [0.3, 0.4) is 0 Å². The number of thiazole rings is 1. The molecule has 1 aromatic heterocycles. The van der Waals surface area contributed by atoms with E-state index in [1.165, 1.54) is 25.6 Å². The molecule has 3 rings (SSSR count). The van der Waals surface area contributed by atoms with E-state index in [0.717, 1.165) is 10.6 Å². The molecule has 1 amide bonds. The van der Waals surface area contributed by atoms with Gasteiger partial charge in [0.05, 0.1) is 26.3 Å². The van der Waals surface area contributed by atoms with Gasteiger partial charge in [0.2, 0.25) is 0 Å². The summed E-state index contributed by atoms with van der Waals surface area (Å²) in [4.78, 5) is 28.5. The third-order valence-corrected chi connectivity index (χ3v) is 5.16. The summed E-state index contributed by atoms with van der Waals surface area (Å²) >= 11 is 7.41. The second-order valence-electron chi connectivity index (χ2n) is 6.11. The first kappa shape index (κ1) is 21.6. The molecule has 0 radical (unpaired) electrons. The average molecular weight is 447 g/mol. The van der Waals surface area contributed by atoms with Gasteiger partial charge in [-0.1, -0.05) is 23.7 Å². The molecule has 30 heavy (non-hydrogen) atoms. The van der Waals surface area contributed by atoms with E-state index < -0.39 is 18.5 Å². The third-order valence-electron chi connectivity index (χ3n) is 3.98. The fourth-order valence-corrected chi connectivity index (χ4v) is 3.61. The zero-order valence-electron chi connectivity index (χ0n) is 16.3. The molecule has 0 saturated carbocycles. The molecule has 156 valence electrons. The van der Waals surface area contributed by atoms with Crippen molar-refractivity contribution in [3.63, 3.8) is 0 Å². The summed E-state index contributed by atoms with van der Waals surface area (Å²) in [6, 6.07) is 12.3. The molecule has 1 N–H and O–H groups in total. The van der Waals surface area contributed by atoms with Crippen LogP contribution in [0.1, 0.15) is 5.69 Å². The second kappa shape index (κ2) is 10.1. The summed E-state index contributed by atoms with van der Waals surface area (Å²) in [6.45, 7) is -0.404. The van der Waals surface area contributed by atoms with Gasteiger partial charge in [-0.05, 0) is 24.3 Å². The Balaban J connectivity index is 1.50. The van der Waals surface area contributed by atoms with Crippen LogP contribution in [0.2, 0.25) is 5.02 Å². The fourth-order valence-electron chi connectivity index (χ4n) is 2.60. The first-order valence-corrected chi connectivity index (χ1v) is 10.1. The maximum Gasteiger partial charge on any atom is 0.312 e. The highest BCUT2D eigenvalue weighted by Crippen LogP contribution is 2.29. The fraction of sp³-hybridized carbons (Fsp3) is 0.190. The van der Waals surface area contributed by atoms with Crippen molar-refractivity contribution in [3.05, 3.63) is 58.6 Å². The molecule has 0 unspecified atom stereocenters. The minimum Gasteiger partial charge on any atom is -0.493 e. The molecule has 0 fully saturated rings. The quantitative estimate of drug-likeness (QED) is 0.522. The monoisotopic (exact) mass is 446 g/mol. The predicted molar refractivity (Wildman–Crippen MR) is 115 cm³/mol. The summed E-state index contributed by atoms with van der Waals surface area (Å²) in [6.07, 6.45) is -0.0271. The van der Waals surface area contributed by atoms with Crippen LogP contribution in [0, 0.1) is 0 Å². The van der Waals surface area contributed by atoms with Gasteiger partial charge in [-0.2, -0.15) is 0 Å². The summed E-state index contributed by atoms with van der Waals surface area (Å²) < 4.78 is 15.4. The number of rotatable bonds is 8. The normalized spacial score (nSPS) is 10.4. The Bertz CT molecular complexity index is 1050. The minimum absolute atomic E-state index is 0.0271. The van der Waals surface area contributed by atoms with E-state index in [-0.39, 0.29) is 6.42 Å². The van der Waals surface area contributed by atoms with E-state index in [1.54, 1.807) is 35.7 Å². The minimum atomic E-state index is -0.541. The van der Waals surface area contributed by atoms with Crippen LogP contribution in [0.5, 0.6) is 11.5 Å². The van der Waals surface area contributed by atoms with Crippen molar-refractivity contribution >= 4 is 40.5 Å². The van der Waals surface area contributed by atoms with Crippen LogP contribution in [-0.4, -0.2) is 37.7 Å². The van der Waals surface area contributed by atoms with Crippen molar-refractivity contribution < 1.29 is 23.8 Å². The van der Waals surface area contributed by atoms with Gasteiger partial charge in [0, 0.05) is 27.7 Å². The Morgan fingerprint density at radius 1 is 1.10 bits per heavy atom. The maximum atomic E-state index is 12.1. The highest BCUT2D eigenvalue weighted by Gasteiger charge is 2.13. The highest BCUT2D eigenvalue weighted by molar-refractivity contribution is 7.13. The lowest BCUT2D eigenvalue weighted by atomic mass is 10.2. The van der Waals surface area contributed by atoms with E-state index in [1.807, 2.05) is 12.1 Å². The lowest BCUT2D eigenvalue weighted by Crippen LogP contribution is -2.21. The standard InChI is InChI=1S/C21H19ClN2O5S/c1-27-17-7-6-15(9-18(17)28-2)23-19(25)11-29-20(26)10-16-12-30-21(24-16)13-4-3-5-14(22)8-13/h3-9,12H,10-11H2,1-2H3,(H,23,25). The molecular weight excluding hydrogens is 428 g/mol. The first-order valence-electron chi connectivity index (χ1n) is 8.86. The first-order chi connectivity index (χ1) is 14.5. The maximum absolute atomic E-state index is 12.1. The van der Waals surface area contributed by atoms with E-state index in [2.05, 4.69) is 10.3 Å². The molecular formula is C21H19ClN2O5S. The van der Waals surface area contributed by atoms with Gasteiger partial charge in [-0.15, -0.1) is 11.3 Å². The van der Waals surface area contributed by atoms with Crippen molar-refractivity contribution in [2.75, 3.05) is 26.1 Å². The Morgan fingerprint density at radius 2 is 1.90 bits per heavy atom. The molecule has 0 atom stereocenters. The number of amides is 1. The largest absolute Gasteiger partial charge is 0.493 e. The van der Waals surface area contributed by atoms with E-state index >= 15 is 0 Å². The van der Waals surface area contributed by atoms with E-state index in [9.17, 15) is 9.59 Å². The van der Waals surface area contributed by atoms with Gasteiger partial charge in [0.1, 0.15) is 5.01 Å². The number of nitrogens with zero attached hydrogens (tertiary/aromatic N) is 1. The Labute approximate surface area is 182 Å². The van der Waals surface area contributed by atoms with Crippen LogP contribution in [0.25, 0.3) is 10.6 Å². The smallest absolute Gasteiger partial charge is 0.312 e. The Kier molecular flexibility index (Phi) is 7.26. The van der Waals surface area contributed by atoms with Crippen molar-refractivity contribution in [2.45, 2.75) is 6.42 Å². The number of halogens is 1. The number of anilines is 1. The third kappa shape index (κ3) is 5.71. The number of benzene rings is 2. The van der Waals surface area contributed by atoms with Gasteiger partial charge in [0.25, 0.3) is 5.91 Å². The lowest BCUT2D eigenvalue weighted by Gasteiger charge is -2.10. The summed E-state index contributed by atoms with van der Waals surface area (Å²) in [5, 5.41) is 5.79. The van der Waals surface area contributed by atoms with Crippen molar-refractivity contribution in [1.29, 1.82) is 0 Å². The predicted octanol–water partition coefficient (Wildman–Crippen LogP) is 4.21. The van der Waals surface area contributed by atoms with Gasteiger partial charge in [-0.3, -0.25) is 9.59 Å². The SMILES string of the molecule is COc1ccc(NC(=O)COC(=O)Cc2csc(-c3cccc(Cl)c3)n2)cc1OC. The van der Waals surface area contributed by atoms with Gasteiger partial charge >= 0.3 is 5.97 Å². The summed E-state index contributed by atoms with van der Waals surface area (Å²) in [7, 11) is 3.03. The molecule has 0 saturated heterocycles. The Hall–Kier alpha value is -3.10. The molecule has 2 aromatic carbocycles. The number of carbonyl (C=O) groups is 2. The molecule has 0 aliphatic heterocycles. The molecule has 7 nitrogen and oxygen atoms in total. The number of hydrogen-bond acceptors (Lipinski definition) is 7. The van der Waals surface area contributed by atoms with Crippen molar-refractivity contribution in [3.8, 4) is 22.1 Å². The molecule has 0 bridgehead atoms. The number of hydrogen-bond donors (Lipinski definition) is 1. The molecule has 0 aliphatic carbocycles. The number of ether oxygens (including phenoxy) is 3. The molecule has 0 aliphatic rings. The zero-order valence-corrected chi connectivity index (χ0v) is 17.9. The molecule has 9 heteroatoms. The average Bonchev–Trinajstić information content (AvgIpc) is 3.20. The Morgan fingerprint density at radius 3 is 2.63 bits per heavy atom. The second-order valence-corrected chi connectivity index (χ2v) is 7.40. The molecule has 0 spiro atoms. The molecule has 1 heterocycles. The van der Waals surface area contributed by atoms with Gasteiger partial charge < -0.3 is 19.5 Å². The van der Waals surface area contributed by atoms with Crippen molar-refractivity contribution in [2.24, 2.45) is 0 Å². The molecule has 3 aromatic rings. The van der Waals surface area contributed by atoms with Crippen LogP contribution < -0.4 is 14.8 Å². The number of aromatic nitrogens is 1. The van der Waals surface area contributed by atoms with E-state index in [0.29, 0.717) is 27.9 Å². The highest BCUT2D eigenvalue weighted by atomic mass is 35.5. The van der Waals surface area contributed by atoms with Crippen LogP contribution >= 0.6 is 22.9 Å². The number of methoxy groups -OCH3 is 2. The van der Waals surface area contributed by atoms with Crippen LogP contribution in [0.4, 0.5) is 5.69 Å². The summed E-state index contributed by atoms with van der Waals surface area (Å²) in [5.74, 6) is 0.0162. The lowest BCUT2D eigenvalue weighted by molar-refractivity contribution is -0.146.